The van der Waals surface area contributed by atoms with Gasteiger partial charge in [-0.25, -0.2) is 0 Å². The quantitative estimate of drug-likeness (QED) is 0.630. The third kappa shape index (κ3) is 1.51. The second-order valence-corrected chi connectivity index (χ2v) is 3.91. The van der Waals surface area contributed by atoms with Gasteiger partial charge in [-0.1, -0.05) is 6.08 Å². The lowest BCUT2D eigenvalue weighted by Gasteiger charge is -2.37. The monoisotopic (exact) mass is 196 g/mol. The van der Waals surface area contributed by atoms with Crippen LogP contribution in [0, 0.1) is 5.92 Å². The van der Waals surface area contributed by atoms with Crippen LogP contribution in [-0.2, 0) is 14.3 Å². The molecule has 14 heavy (non-hydrogen) atoms. The van der Waals surface area contributed by atoms with E-state index in [1.165, 1.54) is 0 Å². The van der Waals surface area contributed by atoms with Crippen molar-refractivity contribution < 1.29 is 14.3 Å². The van der Waals surface area contributed by atoms with Crippen LogP contribution in [0.25, 0.3) is 0 Å². The Labute approximate surface area is 84.1 Å². The molecule has 0 aromatic rings. The lowest BCUT2D eigenvalue weighted by atomic mass is 9.80. The fourth-order valence-electron chi connectivity index (χ4n) is 2.40. The lowest BCUT2D eigenvalue weighted by molar-refractivity contribution is -0.208. The molecule has 2 fully saturated rings. The molecule has 0 aromatic carbocycles. The van der Waals surface area contributed by atoms with Crippen molar-refractivity contribution in [1.82, 2.24) is 0 Å². The first kappa shape index (κ1) is 9.87. The van der Waals surface area contributed by atoms with E-state index in [2.05, 4.69) is 6.58 Å². The summed E-state index contributed by atoms with van der Waals surface area (Å²) in [5, 5.41) is 0. The molecule has 1 aliphatic heterocycles. The maximum Gasteiger partial charge on any atom is 0.178 e. The highest BCUT2D eigenvalue weighted by Crippen LogP contribution is 2.40. The molecule has 2 aliphatic rings. The van der Waals surface area contributed by atoms with E-state index in [0.717, 1.165) is 12.8 Å². The van der Waals surface area contributed by atoms with E-state index in [9.17, 15) is 4.79 Å². The summed E-state index contributed by atoms with van der Waals surface area (Å²) in [6.07, 6.45) is 4.83. The number of allylic oxidation sites excluding steroid dienone is 1. The van der Waals surface area contributed by atoms with Crippen molar-refractivity contribution in [2.75, 3.05) is 13.2 Å². The van der Waals surface area contributed by atoms with Gasteiger partial charge in [-0.05, 0) is 12.8 Å². The minimum absolute atomic E-state index is 0.128. The molecule has 3 nitrogen and oxygen atoms in total. The Kier molecular flexibility index (Phi) is 2.70. The van der Waals surface area contributed by atoms with Crippen LogP contribution in [0.3, 0.4) is 0 Å². The molecule has 0 N–H and O–H groups in total. The highest BCUT2D eigenvalue weighted by atomic mass is 16.7. The molecule has 1 heterocycles. The molecule has 0 bridgehead atoms. The van der Waals surface area contributed by atoms with Gasteiger partial charge in [0.15, 0.2) is 5.79 Å². The van der Waals surface area contributed by atoms with E-state index < -0.39 is 5.79 Å². The Morgan fingerprint density at radius 1 is 1.50 bits per heavy atom. The van der Waals surface area contributed by atoms with Crippen LogP contribution in [0.2, 0.25) is 0 Å². The van der Waals surface area contributed by atoms with Crippen molar-refractivity contribution in [3.05, 3.63) is 12.7 Å². The average Bonchev–Trinajstić information content (AvgIpc) is 2.62. The Morgan fingerprint density at radius 3 is 2.86 bits per heavy atom. The second-order valence-electron chi connectivity index (χ2n) is 3.91. The molecule has 78 valence electrons. The number of ether oxygens (including phenoxy) is 2. The van der Waals surface area contributed by atoms with Crippen LogP contribution in [-0.4, -0.2) is 24.8 Å². The molecular weight excluding hydrogens is 180 g/mol. The summed E-state index contributed by atoms with van der Waals surface area (Å²) in [6, 6.07) is 0. The van der Waals surface area contributed by atoms with Gasteiger partial charge in [-0.15, -0.1) is 6.58 Å². The third-order valence-corrected chi connectivity index (χ3v) is 3.05. The molecule has 1 atom stereocenters. The number of carbonyl (C=O) groups is 1. The molecular formula is C11H16O3. The lowest BCUT2D eigenvalue weighted by Crippen LogP contribution is -2.46. The molecule has 1 spiro atoms. The fraction of sp³-hybridized carbons (Fsp3) is 0.727. The van der Waals surface area contributed by atoms with Crippen LogP contribution in [0.1, 0.15) is 25.7 Å². The van der Waals surface area contributed by atoms with Gasteiger partial charge in [0.2, 0.25) is 0 Å². The van der Waals surface area contributed by atoms with E-state index in [1.807, 2.05) is 0 Å². The first-order valence-corrected chi connectivity index (χ1v) is 5.20. The van der Waals surface area contributed by atoms with Crippen molar-refractivity contribution in [2.24, 2.45) is 5.92 Å². The van der Waals surface area contributed by atoms with Crippen molar-refractivity contribution >= 4 is 5.78 Å². The highest BCUT2D eigenvalue weighted by Gasteiger charge is 2.49. The van der Waals surface area contributed by atoms with E-state index in [0.29, 0.717) is 26.1 Å². The SMILES string of the molecule is C=CCC1C(=O)CCCC12OCCO2. The van der Waals surface area contributed by atoms with E-state index in [4.69, 9.17) is 9.47 Å². The van der Waals surface area contributed by atoms with Crippen LogP contribution >= 0.6 is 0 Å². The minimum atomic E-state index is -0.608. The minimum Gasteiger partial charge on any atom is -0.347 e. The first-order valence-electron chi connectivity index (χ1n) is 5.20. The molecule has 1 aliphatic carbocycles. The van der Waals surface area contributed by atoms with Crippen molar-refractivity contribution in [2.45, 2.75) is 31.5 Å². The van der Waals surface area contributed by atoms with E-state index >= 15 is 0 Å². The zero-order valence-electron chi connectivity index (χ0n) is 8.33. The number of ketones is 1. The summed E-state index contributed by atoms with van der Waals surface area (Å²) >= 11 is 0. The summed E-state index contributed by atoms with van der Waals surface area (Å²) in [5.74, 6) is -0.474. The average molecular weight is 196 g/mol. The first-order chi connectivity index (χ1) is 6.78. The molecule has 0 amide bonds. The third-order valence-electron chi connectivity index (χ3n) is 3.05. The van der Waals surface area contributed by atoms with Gasteiger partial charge in [0.25, 0.3) is 0 Å². The molecule has 3 heteroatoms. The maximum atomic E-state index is 11.7. The summed E-state index contributed by atoms with van der Waals surface area (Å²) < 4.78 is 11.3. The summed E-state index contributed by atoms with van der Waals surface area (Å²) in [7, 11) is 0. The maximum absolute atomic E-state index is 11.7. The molecule has 2 rings (SSSR count). The molecule has 0 radical (unpaired) electrons. The van der Waals surface area contributed by atoms with Crippen LogP contribution in [0.5, 0.6) is 0 Å². The highest BCUT2D eigenvalue weighted by molar-refractivity contribution is 5.83. The smallest absolute Gasteiger partial charge is 0.178 e. The van der Waals surface area contributed by atoms with Crippen LogP contribution in [0.15, 0.2) is 12.7 Å². The molecule has 0 aromatic heterocycles. The molecule has 1 unspecified atom stereocenters. The fourth-order valence-corrected chi connectivity index (χ4v) is 2.40. The zero-order chi connectivity index (χ0) is 10.0. The standard InChI is InChI=1S/C11H16O3/c1-2-4-9-10(12)5-3-6-11(9)13-7-8-14-11/h2,9H,1,3-8H2. The summed E-state index contributed by atoms with van der Waals surface area (Å²) in [6.45, 7) is 4.90. The summed E-state index contributed by atoms with van der Waals surface area (Å²) in [4.78, 5) is 11.7. The predicted molar refractivity (Wildman–Crippen MR) is 51.8 cm³/mol. The van der Waals surface area contributed by atoms with Crippen LogP contribution in [0.4, 0.5) is 0 Å². The Bertz CT molecular complexity index is 241. The zero-order valence-corrected chi connectivity index (χ0v) is 8.33. The van der Waals surface area contributed by atoms with Crippen molar-refractivity contribution in [3.63, 3.8) is 0 Å². The predicted octanol–water partition coefficient (Wildman–Crippen LogP) is 1.67. The van der Waals surface area contributed by atoms with Crippen molar-refractivity contribution in [3.8, 4) is 0 Å². The summed E-state index contributed by atoms with van der Waals surface area (Å²) in [5.41, 5.74) is 0. The largest absolute Gasteiger partial charge is 0.347 e. The van der Waals surface area contributed by atoms with Gasteiger partial charge in [0, 0.05) is 12.8 Å². The van der Waals surface area contributed by atoms with Gasteiger partial charge in [-0.2, -0.15) is 0 Å². The molecule has 1 saturated carbocycles. The number of rotatable bonds is 2. The number of Topliss-reactive ketones (excluding diaryl/α,β-unsaturated/α-hetero) is 1. The number of hydrogen-bond donors (Lipinski definition) is 0. The number of carbonyl (C=O) groups excluding carboxylic acids is 1. The van der Waals surface area contributed by atoms with Gasteiger partial charge in [0.05, 0.1) is 19.1 Å². The van der Waals surface area contributed by atoms with Gasteiger partial charge in [0.1, 0.15) is 5.78 Å². The van der Waals surface area contributed by atoms with Crippen molar-refractivity contribution in [1.29, 1.82) is 0 Å². The number of hydrogen-bond acceptors (Lipinski definition) is 3. The normalized spacial score (nSPS) is 30.9. The van der Waals surface area contributed by atoms with E-state index in [-0.39, 0.29) is 11.7 Å². The van der Waals surface area contributed by atoms with Crippen LogP contribution < -0.4 is 0 Å². The van der Waals surface area contributed by atoms with E-state index in [1.54, 1.807) is 6.08 Å². The molecule has 1 saturated heterocycles. The Morgan fingerprint density at radius 2 is 2.21 bits per heavy atom. The Hall–Kier alpha value is -0.670. The second kappa shape index (κ2) is 3.83. The van der Waals surface area contributed by atoms with Gasteiger partial charge in [-0.3, -0.25) is 4.79 Å². The van der Waals surface area contributed by atoms with Gasteiger partial charge >= 0.3 is 0 Å². The topological polar surface area (TPSA) is 35.5 Å². The van der Waals surface area contributed by atoms with Gasteiger partial charge < -0.3 is 9.47 Å². The Balaban J connectivity index is 2.18.